The number of sulfonamides is 1. The van der Waals surface area contributed by atoms with Crippen molar-refractivity contribution in [2.24, 2.45) is 5.14 Å². The Labute approximate surface area is 124 Å². The number of nitrogens with two attached hydrogens (primary N) is 2. The molecule has 1 aromatic heterocycles. The van der Waals surface area contributed by atoms with Gasteiger partial charge >= 0.3 is 0 Å². The second-order valence-corrected chi connectivity index (χ2v) is 6.21. The van der Waals surface area contributed by atoms with Gasteiger partial charge in [0.2, 0.25) is 10.0 Å². The summed E-state index contributed by atoms with van der Waals surface area (Å²) in [6.07, 6.45) is 2.61. The number of aromatic nitrogens is 1. The number of hydrogen-bond acceptors (Lipinski definition) is 5. The lowest BCUT2D eigenvalue weighted by Gasteiger charge is -2.11. The molecule has 0 fully saturated rings. The average Bonchev–Trinajstić information content (AvgIpc) is 2.44. The van der Waals surface area contributed by atoms with E-state index in [1.165, 1.54) is 12.1 Å². The third-order valence-corrected chi connectivity index (χ3v) is 3.98. The number of hydrogen-bond donors (Lipinski definition) is 3. The van der Waals surface area contributed by atoms with Gasteiger partial charge in [-0.25, -0.2) is 13.6 Å². The van der Waals surface area contributed by atoms with Crippen LogP contribution in [0.1, 0.15) is 18.2 Å². The molecule has 0 amide bonds. The summed E-state index contributed by atoms with van der Waals surface area (Å²) < 4.78 is 22.8. The van der Waals surface area contributed by atoms with Crippen LogP contribution in [0.3, 0.4) is 0 Å². The van der Waals surface area contributed by atoms with E-state index in [9.17, 15) is 8.42 Å². The molecule has 0 spiro atoms. The summed E-state index contributed by atoms with van der Waals surface area (Å²) in [7, 11) is -3.78. The predicted molar refractivity (Wildman–Crippen MR) is 83.2 cm³/mol. The highest BCUT2D eigenvalue weighted by Crippen LogP contribution is 2.20. The normalized spacial score (nSPS) is 11.3. The first kappa shape index (κ1) is 15.3. The number of primary sulfonamides is 1. The molecule has 21 heavy (non-hydrogen) atoms. The zero-order valence-corrected chi connectivity index (χ0v) is 12.5. The van der Waals surface area contributed by atoms with Crippen LogP contribution in [0.4, 0.5) is 11.4 Å². The lowest BCUT2D eigenvalue weighted by Crippen LogP contribution is -2.13. The number of benzene rings is 1. The molecule has 1 heterocycles. The Morgan fingerprint density at radius 1 is 1.29 bits per heavy atom. The molecule has 0 unspecified atom stereocenters. The van der Waals surface area contributed by atoms with E-state index in [1.807, 2.05) is 12.1 Å². The van der Waals surface area contributed by atoms with Crippen molar-refractivity contribution in [3.63, 3.8) is 0 Å². The zero-order chi connectivity index (χ0) is 15.5. The standard InChI is InChI=1S/C14H18N4O2S/c1-2-10-4-3-5-17-14(10)9-18-12-6-11(15)7-13(8-12)21(16,19)20/h3-8,18H,2,9,15H2,1H3,(H2,16,19,20). The Bertz CT molecular complexity index is 744. The van der Waals surface area contributed by atoms with E-state index >= 15 is 0 Å². The van der Waals surface area contributed by atoms with Crippen LogP contribution in [0.5, 0.6) is 0 Å². The molecule has 5 N–H and O–H groups in total. The lowest BCUT2D eigenvalue weighted by atomic mass is 10.1. The van der Waals surface area contributed by atoms with Crippen LogP contribution < -0.4 is 16.2 Å². The van der Waals surface area contributed by atoms with Crippen molar-refractivity contribution in [3.8, 4) is 0 Å². The van der Waals surface area contributed by atoms with Gasteiger partial charge in [0.05, 0.1) is 17.1 Å². The molecule has 0 saturated heterocycles. The Hall–Kier alpha value is -2.12. The number of nitrogens with zero attached hydrogens (tertiary/aromatic N) is 1. The number of rotatable bonds is 5. The summed E-state index contributed by atoms with van der Waals surface area (Å²) >= 11 is 0. The van der Waals surface area contributed by atoms with Gasteiger partial charge in [0, 0.05) is 17.6 Å². The minimum absolute atomic E-state index is 0.0123. The molecule has 1 aromatic carbocycles. The van der Waals surface area contributed by atoms with Gasteiger partial charge in [-0.15, -0.1) is 0 Å². The first-order valence-corrected chi connectivity index (χ1v) is 8.05. The van der Waals surface area contributed by atoms with Crippen molar-refractivity contribution in [2.45, 2.75) is 24.8 Å². The number of aryl methyl sites for hydroxylation is 1. The lowest BCUT2D eigenvalue weighted by molar-refractivity contribution is 0.598. The van der Waals surface area contributed by atoms with Gasteiger partial charge in [-0.1, -0.05) is 13.0 Å². The molecule has 0 radical (unpaired) electrons. The van der Waals surface area contributed by atoms with Crippen molar-refractivity contribution >= 4 is 21.4 Å². The van der Waals surface area contributed by atoms with E-state index in [1.54, 1.807) is 12.3 Å². The van der Waals surface area contributed by atoms with Gasteiger partial charge in [0.1, 0.15) is 0 Å². The van der Waals surface area contributed by atoms with E-state index < -0.39 is 10.0 Å². The minimum atomic E-state index is -3.78. The van der Waals surface area contributed by atoms with E-state index in [2.05, 4.69) is 17.2 Å². The second-order valence-electron chi connectivity index (χ2n) is 4.65. The maximum absolute atomic E-state index is 11.4. The molecule has 2 aromatic rings. The summed E-state index contributed by atoms with van der Waals surface area (Å²) in [4.78, 5) is 4.31. The number of anilines is 2. The van der Waals surface area contributed by atoms with Crippen LogP contribution in [0, 0.1) is 0 Å². The van der Waals surface area contributed by atoms with Crippen molar-refractivity contribution in [1.29, 1.82) is 0 Å². The van der Waals surface area contributed by atoms with Crippen LogP contribution in [0.2, 0.25) is 0 Å². The fraction of sp³-hybridized carbons (Fsp3) is 0.214. The SMILES string of the molecule is CCc1cccnc1CNc1cc(N)cc(S(N)(=O)=O)c1. The Morgan fingerprint density at radius 3 is 2.71 bits per heavy atom. The quantitative estimate of drug-likeness (QED) is 0.725. The summed E-state index contributed by atoms with van der Waals surface area (Å²) in [6, 6.07) is 8.35. The molecule has 7 heteroatoms. The molecule has 112 valence electrons. The Kier molecular flexibility index (Phi) is 4.44. The van der Waals surface area contributed by atoms with E-state index in [0.29, 0.717) is 17.9 Å². The van der Waals surface area contributed by atoms with Crippen LogP contribution in [-0.2, 0) is 23.0 Å². The highest BCUT2D eigenvalue weighted by atomic mass is 32.2. The van der Waals surface area contributed by atoms with Crippen LogP contribution in [0.25, 0.3) is 0 Å². The third-order valence-electron chi connectivity index (χ3n) is 3.08. The highest BCUT2D eigenvalue weighted by Gasteiger charge is 2.10. The molecule has 0 bridgehead atoms. The molecule has 0 saturated carbocycles. The first-order chi connectivity index (χ1) is 9.90. The van der Waals surface area contributed by atoms with Crippen LogP contribution >= 0.6 is 0 Å². The number of nitrogen functional groups attached to an aromatic ring is 1. The fourth-order valence-corrected chi connectivity index (χ4v) is 2.62. The highest BCUT2D eigenvalue weighted by molar-refractivity contribution is 7.89. The van der Waals surface area contributed by atoms with E-state index in [0.717, 1.165) is 17.7 Å². The maximum Gasteiger partial charge on any atom is 0.238 e. The van der Waals surface area contributed by atoms with Crippen molar-refractivity contribution in [3.05, 3.63) is 47.8 Å². The summed E-state index contributed by atoms with van der Waals surface area (Å²) in [5, 5.41) is 8.25. The van der Waals surface area contributed by atoms with E-state index in [-0.39, 0.29) is 4.90 Å². The van der Waals surface area contributed by atoms with Crippen molar-refractivity contribution in [1.82, 2.24) is 4.98 Å². The molecule has 0 atom stereocenters. The third kappa shape index (κ3) is 3.93. The van der Waals surface area contributed by atoms with Crippen molar-refractivity contribution in [2.75, 3.05) is 11.1 Å². The molecule has 6 nitrogen and oxygen atoms in total. The maximum atomic E-state index is 11.4. The molecular weight excluding hydrogens is 288 g/mol. The van der Waals surface area contributed by atoms with Crippen LogP contribution in [-0.4, -0.2) is 13.4 Å². The van der Waals surface area contributed by atoms with Crippen molar-refractivity contribution < 1.29 is 8.42 Å². The molecule has 0 aliphatic carbocycles. The van der Waals surface area contributed by atoms with Gasteiger partial charge in [-0.05, 0) is 36.2 Å². The number of nitrogens with one attached hydrogen (secondary N) is 1. The van der Waals surface area contributed by atoms with Gasteiger partial charge in [0.15, 0.2) is 0 Å². The largest absolute Gasteiger partial charge is 0.399 e. The second kappa shape index (κ2) is 6.11. The summed E-state index contributed by atoms with van der Waals surface area (Å²) in [6.45, 7) is 2.54. The summed E-state index contributed by atoms with van der Waals surface area (Å²) in [5.74, 6) is 0. The van der Waals surface area contributed by atoms with E-state index in [4.69, 9.17) is 10.9 Å². The molecule has 0 aliphatic heterocycles. The van der Waals surface area contributed by atoms with Gasteiger partial charge < -0.3 is 11.1 Å². The Balaban J connectivity index is 2.22. The molecule has 0 aliphatic rings. The van der Waals surface area contributed by atoms with Crippen LogP contribution in [0.15, 0.2) is 41.4 Å². The number of pyridine rings is 1. The summed E-state index contributed by atoms with van der Waals surface area (Å²) in [5.41, 5.74) is 8.68. The van der Waals surface area contributed by atoms with Gasteiger partial charge in [-0.2, -0.15) is 0 Å². The minimum Gasteiger partial charge on any atom is -0.399 e. The average molecular weight is 306 g/mol. The predicted octanol–water partition coefficient (Wildman–Crippen LogP) is 1.49. The zero-order valence-electron chi connectivity index (χ0n) is 11.7. The molecule has 2 rings (SSSR count). The van der Waals surface area contributed by atoms with Gasteiger partial charge in [0.25, 0.3) is 0 Å². The molecular formula is C14H18N4O2S. The smallest absolute Gasteiger partial charge is 0.238 e. The monoisotopic (exact) mass is 306 g/mol. The Morgan fingerprint density at radius 2 is 2.05 bits per heavy atom. The fourth-order valence-electron chi connectivity index (χ4n) is 2.03. The first-order valence-electron chi connectivity index (χ1n) is 6.50. The topological polar surface area (TPSA) is 111 Å². The van der Waals surface area contributed by atoms with Gasteiger partial charge in [-0.3, -0.25) is 4.98 Å².